The molecule has 1 saturated carbocycles. The zero-order valence-corrected chi connectivity index (χ0v) is 11.1. The topological polar surface area (TPSA) is 64.3 Å². The van der Waals surface area contributed by atoms with Gasteiger partial charge in [0.2, 0.25) is 5.91 Å². The van der Waals surface area contributed by atoms with Crippen molar-refractivity contribution in [2.24, 2.45) is 11.3 Å². The SMILES string of the molecule is CCC1(C)CC1C(=O)Nc1ccc(OC)c(N)c1. The predicted octanol–water partition coefficient (Wildman–Crippen LogP) is 2.65. The minimum Gasteiger partial charge on any atom is -0.495 e. The van der Waals surface area contributed by atoms with E-state index in [2.05, 4.69) is 19.2 Å². The Labute approximate surface area is 108 Å². The van der Waals surface area contributed by atoms with E-state index in [-0.39, 0.29) is 17.2 Å². The highest BCUT2D eigenvalue weighted by Crippen LogP contribution is 2.55. The first-order valence-electron chi connectivity index (χ1n) is 6.24. The van der Waals surface area contributed by atoms with Gasteiger partial charge in [-0.25, -0.2) is 0 Å². The Balaban J connectivity index is 2.02. The largest absolute Gasteiger partial charge is 0.495 e. The van der Waals surface area contributed by atoms with Crippen LogP contribution in [0.5, 0.6) is 5.75 Å². The molecule has 98 valence electrons. The third-order valence-corrected chi connectivity index (χ3v) is 3.97. The molecule has 0 spiro atoms. The van der Waals surface area contributed by atoms with Gasteiger partial charge >= 0.3 is 0 Å². The van der Waals surface area contributed by atoms with Crippen molar-refractivity contribution in [1.82, 2.24) is 0 Å². The van der Waals surface area contributed by atoms with Gasteiger partial charge in [-0.3, -0.25) is 4.79 Å². The molecule has 0 aliphatic heterocycles. The molecular formula is C14H20N2O2. The summed E-state index contributed by atoms with van der Waals surface area (Å²) in [5, 5.41) is 2.91. The van der Waals surface area contributed by atoms with Crippen LogP contribution < -0.4 is 15.8 Å². The average Bonchev–Trinajstić information content (AvgIpc) is 3.03. The van der Waals surface area contributed by atoms with Crippen LogP contribution in [0.3, 0.4) is 0 Å². The normalized spacial score (nSPS) is 25.6. The van der Waals surface area contributed by atoms with E-state index in [1.165, 1.54) is 0 Å². The maximum atomic E-state index is 12.0. The minimum atomic E-state index is 0.0870. The van der Waals surface area contributed by atoms with Gasteiger partial charge in [0.1, 0.15) is 5.75 Å². The summed E-state index contributed by atoms with van der Waals surface area (Å²) in [6, 6.07) is 5.29. The molecule has 1 aliphatic rings. The lowest BCUT2D eigenvalue weighted by Crippen LogP contribution is -2.17. The summed E-state index contributed by atoms with van der Waals surface area (Å²) in [7, 11) is 1.57. The Morgan fingerprint density at radius 1 is 1.61 bits per heavy atom. The molecule has 1 aromatic carbocycles. The van der Waals surface area contributed by atoms with Crippen molar-refractivity contribution in [2.45, 2.75) is 26.7 Å². The van der Waals surface area contributed by atoms with Crippen LogP contribution in [0.4, 0.5) is 11.4 Å². The van der Waals surface area contributed by atoms with Gasteiger partial charge in [0.25, 0.3) is 0 Å². The molecule has 1 aliphatic carbocycles. The first kappa shape index (κ1) is 12.7. The van der Waals surface area contributed by atoms with Crippen molar-refractivity contribution in [1.29, 1.82) is 0 Å². The lowest BCUT2D eigenvalue weighted by atomic mass is 10.0. The van der Waals surface area contributed by atoms with Crippen molar-refractivity contribution in [3.05, 3.63) is 18.2 Å². The van der Waals surface area contributed by atoms with Crippen molar-refractivity contribution >= 4 is 17.3 Å². The monoisotopic (exact) mass is 248 g/mol. The maximum Gasteiger partial charge on any atom is 0.228 e. The first-order valence-corrected chi connectivity index (χ1v) is 6.24. The fourth-order valence-electron chi connectivity index (χ4n) is 2.25. The first-order chi connectivity index (χ1) is 8.50. The molecule has 2 unspecified atom stereocenters. The number of ether oxygens (including phenoxy) is 1. The summed E-state index contributed by atoms with van der Waals surface area (Å²) in [5.41, 5.74) is 7.24. The van der Waals surface area contributed by atoms with E-state index < -0.39 is 0 Å². The number of hydrogen-bond acceptors (Lipinski definition) is 3. The van der Waals surface area contributed by atoms with Crippen molar-refractivity contribution in [3.8, 4) is 5.75 Å². The Kier molecular flexibility index (Phi) is 3.20. The molecule has 18 heavy (non-hydrogen) atoms. The summed E-state index contributed by atoms with van der Waals surface area (Å²) in [6.07, 6.45) is 2.01. The fraction of sp³-hybridized carbons (Fsp3) is 0.500. The van der Waals surface area contributed by atoms with Gasteiger partial charge in [-0.1, -0.05) is 13.8 Å². The second-order valence-electron chi connectivity index (χ2n) is 5.21. The molecule has 0 saturated heterocycles. The highest BCUT2D eigenvalue weighted by atomic mass is 16.5. The summed E-state index contributed by atoms with van der Waals surface area (Å²) < 4.78 is 5.08. The van der Waals surface area contributed by atoms with E-state index in [1.807, 2.05) is 0 Å². The average molecular weight is 248 g/mol. The van der Waals surface area contributed by atoms with Crippen LogP contribution in [0.25, 0.3) is 0 Å². The number of carbonyl (C=O) groups excluding carboxylic acids is 1. The van der Waals surface area contributed by atoms with Gasteiger partial charge in [0, 0.05) is 11.6 Å². The molecule has 4 heteroatoms. The van der Waals surface area contributed by atoms with Gasteiger partial charge in [-0.2, -0.15) is 0 Å². The van der Waals surface area contributed by atoms with Crippen LogP contribution in [0.2, 0.25) is 0 Å². The lowest BCUT2D eigenvalue weighted by molar-refractivity contribution is -0.118. The Bertz CT molecular complexity index is 473. The molecule has 3 N–H and O–H groups in total. The molecular weight excluding hydrogens is 228 g/mol. The molecule has 0 radical (unpaired) electrons. The summed E-state index contributed by atoms with van der Waals surface area (Å²) in [6.45, 7) is 4.28. The van der Waals surface area contributed by atoms with Gasteiger partial charge < -0.3 is 15.8 Å². The second-order valence-corrected chi connectivity index (χ2v) is 5.21. The molecule has 0 aromatic heterocycles. The van der Waals surface area contributed by atoms with E-state index in [9.17, 15) is 4.79 Å². The van der Waals surface area contributed by atoms with Gasteiger partial charge in [0.05, 0.1) is 12.8 Å². The van der Waals surface area contributed by atoms with Crippen molar-refractivity contribution in [3.63, 3.8) is 0 Å². The molecule has 2 rings (SSSR count). The minimum absolute atomic E-state index is 0.0870. The number of hydrogen-bond donors (Lipinski definition) is 2. The number of carbonyl (C=O) groups is 1. The summed E-state index contributed by atoms with van der Waals surface area (Å²) in [5.74, 6) is 0.840. The molecule has 1 amide bonds. The highest BCUT2D eigenvalue weighted by Gasteiger charge is 2.52. The van der Waals surface area contributed by atoms with E-state index >= 15 is 0 Å². The third-order valence-electron chi connectivity index (χ3n) is 3.97. The van der Waals surface area contributed by atoms with Crippen LogP contribution in [-0.4, -0.2) is 13.0 Å². The Morgan fingerprint density at radius 3 is 2.83 bits per heavy atom. The molecule has 4 nitrogen and oxygen atoms in total. The summed E-state index contributed by atoms with van der Waals surface area (Å²) >= 11 is 0. The third kappa shape index (κ3) is 2.28. The van der Waals surface area contributed by atoms with E-state index in [4.69, 9.17) is 10.5 Å². The van der Waals surface area contributed by atoms with Crippen LogP contribution in [0, 0.1) is 11.3 Å². The highest BCUT2D eigenvalue weighted by molar-refractivity contribution is 5.95. The number of nitrogens with one attached hydrogen (secondary N) is 1. The van der Waals surface area contributed by atoms with Crippen LogP contribution >= 0.6 is 0 Å². The van der Waals surface area contributed by atoms with Crippen molar-refractivity contribution < 1.29 is 9.53 Å². The maximum absolute atomic E-state index is 12.0. The van der Waals surface area contributed by atoms with E-state index in [0.717, 1.165) is 18.5 Å². The zero-order chi connectivity index (χ0) is 13.3. The lowest BCUT2D eigenvalue weighted by Gasteiger charge is -2.10. The van der Waals surface area contributed by atoms with Crippen LogP contribution in [0.1, 0.15) is 26.7 Å². The fourth-order valence-corrected chi connectivity index (χ4v) is 2.25. The number of nitrogens with two attached hydrogens (primary N) is 1. The Hall–Kier alpha value is -1.71. The molecule has 0 heterocycles. The standard InChI is InChI=1S/C14H20N2O2/c1-4-14(2)8-10(14)13(17)16-9-5-6-12(18-3)11(15)7-9/h5-7,10H,4,8,15H2,1-3H3,(H,16,17). The summed E-state index contributed by atoms with van der Waals surface area (Å²) in [4.78, 5) is 12.0. The number of anilines is 2. The number of methoxy groups -OCH3 is 1. The number of benzene rings is 1. The zero-order valence-electron chi connectivity index (χ0n) is 11.1. The molecule has 1 aromatic rings. The number of nitrogen functional groups attached to an aromatic ring is 1. The molecule has 2 atom stereocenters. The van der Waals surface area contributed by atoms with Crippen LogP contribution in [-0.2, 0) is 4.79 Å². The molecule has 0 bridgehead atoms. The predicted molar refractivity (Wildman–Crippen MR) is 72.5 cm³/mol. The van der Waals surface area contributed by atoms with E-state index in [0.29, 0.717) is 11.4 Å². The van der Waals surface area contributed by atoms with Crippen molar-refractivity contribution in [2.75, 3.05) is 18.2 Å². The number of amides is 1. The van der Waals surface area contributed by atoms with Crippen LogP contribution in [0.15, 0.2) is 18.2 Å². The van der Waals surface area contributed by atoms with Gasteiger partial charge in [0.15, 0.2) is 0 Å². The van der Waals surface area contributed by atoms with Gasteiger partial charge in [-0.15, -0.1) is 0 Å². The van der Waals surface area contributed by atoms with Gasteiger partial charge in [-0.05, 0) is 36.5 Å². The molecule has 1 fully saturated rings. The number of rotatable bonds is 4. The smallest absolute Gasteiger partial charge is 0.228 e. The quantitative estimate of drug-likeness (QED) is 0.805. The Morgan fingerprint density at radius 2 is 2.33 bits per heavy atom. The second kappa shape index (κ2) is 4.52. The van der Waals surface area contributed by atoms with E-state index in [1.54, 1.807) is 25.3 Å².